The predicted octanol–water partition coefficient (Wildman–Crippen LogP) is 5.99. The lowest BCUT2D eigenvalue weighted by Gasteiger charge is -2.14. The standard InChI is InChI=1S/C24H24OS/c1-2-13-26-18-21-16-22(14-19-9-5-3-6-10-19)24(25)23(17-21)15-20-11-7-4-8-12-20/h2-12,16-17,25H,1,13-15,18H2. The molecule has 1 nitrogen and oxygen atoms in total. The summed E-state index contributed by atoms with van der Waals surface area (Å²) in [5.41, 5.74) is 5.68. The van der Waals surface area contributed by atoms with Crippen LogP contribution in [0.25, 0.3) is 0 Å². The minimum absolute atomic E-state index is 0.426. The van der Waals surface area contributed by atoms with E-state index in [1.54, 1.807) is 0 Å². The second-order valence-corrected chi connectivity index (χ2v) is 7.42. The van der Waals surface area contributed by atoms with Crippen molar-refractivity contribution in [1.82, 2.24) is 0 Å². The van der Waals surface area contributed by atoms with Crippen LogP contribution in [0, 0.1) is 0 Å². The molecule has 0 amide bonds. The van der Waals surface area contributed by atoms with Crippen LogP contribution in [0.3, 0.4) is 0 Å². The molecule has 0 spiro atoms. The molecule has 0 aliphatic heterocycles. The number of phenolic OH excluding ortho intramolecular Hbond substituents is 1. The van der Waals surface area contributed by atoms with Crippen molar-refractivity contribution in [1.29, 1.82) is 0 Å². The lowest BCUT2D eigenvalue weighted by molar-refractivity contribution is 0.463. The zero-order valence-corrected chi connectivity index (χ0v) is 15.7. The van der Waals surface area contributed by atoms with Crippen LogP contribution in [0.2, 0.25) is 0 Å². The van der Waals surface area contributed by atoms with Crippen molar-refractivity contribution < 1.29 is 5.11 Å². The van der Waals surface area contributed by atoms with Crippen molar-refractivity contribution in [2.24, 2.45) is 0 Å². The van der Waals surface area contributed by atoms with E-state index in [1.807, 2.05) is 54.2 Å². The molecule has 0 aliphatic rings. The fourth-order valence-electron chi connectivity index (χ4n) is 3.08. The summed E-state index contributed by atoms with van der Waals surface area (Å²) < 4.78 is 0. The molecule has 132 valence electrons. The van der Waals surface area contributed by atoms with Gasteiger partial charge >= 0.3 is 0 Å². The molecular weight excluding hydrogens is 336 g/mol. The Bertz CT molecular complexity index is 778. The fourth-order valence-corrected chi connectivity index (χ4v) is 3.76. The summed E-state index contributed by atoms with van der Waals surface area (Å²) in [6.07, 6.45) is 3.42. The quantitative estimate of drug-likeness (QED) is 0.393. The molecule has 3 aromatic carbocycles. The number of aromatic hydroxyl groups is 1. The van der Waals surface area contributed by atoms with E-state index in [1.165, 1.54) is 16.7 Å². The summed E-state index contributed by atoms with van der Waals surface area (Å²) in [5.74, 6) is 2.29. The summed E-state index contributed by atoms with van der Waals surface area (Å²) in [6.45, 7) is 3.79. The molecule has 3 rings (SSSR count). The van der Waals surface area contributed by atoms with Gasteiger partial charge in [-0.05, 0) is 27.8 Å². The molecule has 0 aliphatic carbocycles. The number of hydrogen-bond acceptors (Lipinski definition) is 2. The molecule has 0 saturated heterocycles. The maximum Gasteiger partial charge on any atom is 0.122 e. The molecule has 1 N–H and O–H groups in total. The van der Waals surface area contributed by atoms with E-state index in [9.17, 15) is 5.11 Å². The number of hydrogen-bond donors (Lipinski definition) is 1. The summed E-state index contributed by atoms with van der Waals surface area (Å²) in [5, 5.41) is 10.9. The minimum Gasteiger partial charge on any atom is -0.507 e. The highest BCUT2D eigenvalue weighted by molar-refractivity contribution is 7.98. The summed E-state index contributed by atoms with van der Waals surface area (Å²) in [6, 6.07) is 24.9. The van der Waals surface area contributed by atoms with Crippen LogP contribution in [0.5, 0.6) is 5.75 Å². The Balaban J connectivity index is 1.91. The van der Waals surface area contributed by atoms with Gasteiger partial charge in [-0.25, -0.2) is 0 Å². The molecule has 0 atom stereocenters. The highest BCUT2D eigenvalue weighted by Gasteiger charge is 2.12. The Morgan fingerprint density at radius 3 is 1.73 bits per heavy atom. The smallest absolute Gasteiger partial charge is 0.122 e. The van der Waals surface area contributed by atoms with Gasteiger partial charge in [0.25, 0.3) is 0 Å². The molecule has 3 aromatic rings. The molecule has 0 radical (unpaired) electrons. The second kappa shape index (κ2) is 9.30. The molecule has 26 heavy (non-hydrogen) atoms. The van der Waals surface area contributed by atoms with Gasteiger partial charge in [0.1, 0.15) is 5.75 Å². The van der Waals surface area contributed by atoms with Crippen LogP contribution in [0.15, 0.2) is 85.5 Å². The second-order valence-electron chi connectivity index (χ2n) is 6.39. The average Bonchev–Trinajstić information content (AvgIpc) is 2.67. The van der Waals surface area contributed by atoms with Crippen LogP contribution in [0.4, 0.5) is 0 Å². The van der Waals surface area contributed by atoms with Crippen molar-refractivity contribution in [3.05, 3.63) is 113 Å². The third-order valence-electron chi connectivity index (χ3n) is 4.31. The normalized spacial score (nSPS) is 10.6. The molecular formula is C24H24OS. The fraction of sp³-hybridized carbons (Fsp3) is 0.167. The number of benzene rings is 3. The number of rotatable bonds is 8. The summed E-state index contributed by atoms with van der Waals surface area (Å²) in [7, 11) is 0. The van der Waals surface area contributed by atoms with Gasteiger partial charge in [-0.15, -0.1) is 6.58 Å². The van der Waals surface area contributed by atoms with E-state index in [2.05, 4.69) is 43.0 Å². The molecule has 0 bridgehead atoms. The third-order valence-corrected chi connectivity index (χ3v) is 5.32. The molecule has 0 saturated carbocycles. The average molecular weight is 361 g/mol. The highest BCUT2D eigenvalue weighted by atomic mass is 32.2. The van der Waals surface area contributed by atoms with E-state index >= 15 is 0 Å². The molecule has 0 heterocycles. The van der Waals surface area contributed by atoms with E-state index in [0.717, 1.165) is 35.5 Å². The molecule has 0 aromatic heterocycles. The largest absolute Gasteiger partial charge is 0.507 e. The first-order valence-electron chi connectivity index (χ1n) is 8.86. The van der Waals surface area contributed by atoms with Gasteiger partial charge in [0.15, 0.2) is 0 Å². The zero-order chi connectivity index (χ0) is 18.2. The van der Waals surface area contributed by atoms with Crippen molar-refractivity contribution in [2.45, 2.75) is 18.6 Å². The lowest BCUT2D eigenvalue weighted by atomic mass is 9.95. The van der Waals surface area contributed by atoms with E-state index < -0.39 is 0 Å². The Labute approximate surface area is 160 Å². The first-order chi connectivity index (χ1) is 12.8. The zero-order valence-electron chi connectivity index (χ0n) is 14.9. The Hall–Kier alpha value is -2.45. The summed E-state index contributed by atoms with van der Waals surface area (Å²) >= 11 is 1.84. The van der Waals surface area contributed by atoms with Gasteiger partial charge in [-0.1, -0.05) is 78.9 Å². The molecule has 2 heteroatoms. The van der Waals surface area contributed by atoms with Crippen LogP contribution in [-0.4, -0.2) is 10.9 Å². The van der Waals surface area contributed by atoms with Crippen molar-refractivity contribution >= 4 is 11.8 Å². The van der Waals surface area contributed by atoms with Crippen LogP contribution >= 0.6 is 11.8 Å². The topological polar surface area (TPSA) is 20.2 Å². The SMILES string of the molecule is C=CCSCc1cc(Cc2ccccc2)c(O)c(Cc2ccccc2)c1. The summed E-state index contributed by atoms with van der Waals surface area (Å²) in [4.78, 5) is 0. The van der Waals surface area contributed by atoms with Gasteiger partial charge in [0.05, 0.1) is 0 Å². The molecule has 0 unspecified atom stereocenters. The highest BCUT2D eigenvalue weighted by Crippen LogP contribution is 2.30. The van der Waals surface area contributed by atoms with Gasteiger partial charge < -0.3 is 5.11 Å². The van der Waals surface area contributed by atoms with Crippen molar-refractivity contribution in [3.63, 3.8) is 0 Å². The van der Waals surface area contributed by atoms with E-state index in [-0.39, 0.29) is 0 Å². The predicted molar refractivity (Wildman–Crippen MR) is 113 cm³/mol. The Morgan fingerprint density at radius 1 is 0.769 bits per heavy atom. The van der Waals surface area contributed by atoms with Gasteiger partial charge in [-0.3, -0.25) is 0 Å². The Kier molecular flexibility index (Phi) is 6.56. The lowest BCUT2D eigenvalue weighted by Crippen LogP contribution is -1.98. The van der Waals surface area contributed by atoms with Crippen molar-refractivity contribution in [2.75, 3.05) is 5.75 Å². The van der Waals surface area contributed by atoms with Crippen molar-refractivity contribution in [3.8, 4) is 5.75 Å². The molecule has 0 fully saturated rings. The first kappa shape index (κ1) is 18.3. The van der Waals surface area contributed by atoms with E-state index in [0.29, 0.717) is 5.75 Å². The maximum absolute atomic E-state index is 10.9. The first-order valence-corrected chi connectivity index (χ1v) is 10.0. The third kappa shape index (κ3) is 5.03. The monoisotopic (exact) mass is 360 g/mol. The van der Waals surface area contributed by atoms with E-state index in [4.69, 9.17) is 0 Å². The van der Waals surface area contributed by atoms with Gasteiger partial charge in [-0.2, -0.15) is 11.8 Å². The van der Waals surface area contributed by atoms with Gasteiger partial charge in [0.2, 0.25) is 0 Å². The van der Waals surface area contributed by atoms with Crippen LogP contribution in [0.1, 0.15) is 27.8 Å². The van der Waals surface area contributed by atoms with Crippen LogP contribution in [-0.2, 0) is 18.6 Å². The minimum atomic E-state index is 0.426. The maximum atomic E-state index is 10.9. The Morgan fingerprint density at radius 2 is 1.27 bits per heavy atom. The number of thioether (sulfide) groups is 1. The van der Waals surface area contributed by atoms with Crippen LogP contribution < -0.4 is 0 Å². The number of phenols is 1. The van der Waals surface area contributed by atoms with Gasteiger partial charge in [0, 0.05) is 24.3 Å².